The molecule has 0 fully saturated rings. The number of halogens is 1. The van der Waals surface area contributed by atoms with E-state index in [1.807, 2.05) is 12.1 Å². The summed E-state index contributed by atoms with van der Waals surface area (Å²) >= 11 is 7.23. The zero-order valence-electron chi connectivity index (χ0n) is 8.50. The summed E-state index contributed by atoms with van der Waals surface area (Å²) in [5.41, 5.74) is 0.519. The highest BCUT2D eigenvalue weighted by Gasteiger charge is 2.04. The van der Waals surface area contributed by atoms with Crippen molar-refractivity contribution in [1.29, 1.82) is 0 Å². The van der Waals surface area contributed by atoms with Crippen molar-refractivity contribution in [1.82, 2.24) is 9.97 Å². The molecule has 0 saturated carbocycles. The van der Waals surface area contributed by atoms with Crippen LogP contribution in [-0.2, 0) is 0 Å². The summed E-state index contributed by atoms with van der Waals surface area (Å²) in [5, 5.41) is 8.77. The molecule has 4 nitrogen and oxygen atoms in total. The third-order valence-electron chi connectivity index (χ3n) is 1.92. The van der Waals surface area contributed by atoms with Crippen LogP contribution in [0.5, 0.6) is 0 Å². The first-order valence-corrected chi connectivity index (χ1v) is 5.83. The molecule has 0 aliphatic carbocycles. The molecule has 0 radical (unpaired) electrons. The highest BCUT2D eigenvalue weighted by molar-refractivity contribution is 7.17. The molecular formula is C11H7ClN2O2S. The van der Waals surface area contributed by atoms with Crippen LogP contribution in [-0.4, -0.2) is 21.0 Å². The maximum absolute atomic E-state index is 10.7. The topological polar surface area (TPSA) is 63.1 Å². The van der Waals surface area contributed by atoms with Gasteiger partial charge in [-0.05, 0) is 30.4 Å². The van der Waals surface area contributed by atoms with Gasteiger partial charge >= 0.3 is 5.97 Å². The molecule has 0 aliphatic rings. The molecule has 0 unspecified atom stereocenters. The monoisotopic (exact) mass is 266 g/mol. The summed E-state index contributed by atoms with van der Waals surface area (Å²) in [5.74, 6) is -1.07. The van der Waals surface area contributed by atoms with Crippen molar-refractivity contribution in [2.24, 2.45) is 0 Å². The number of aromatic nitrogens is 2. The molecular weight excluding hydrogens is 260 g/mol. The van der Waals surface area contributed by atoms with E-state index in [0.717, 1.165) is 4.88 Å². The predicted octanol–water partition coefficient (Wildman–Crippen LogP) is 3.06. The number of carbonyl (C=O) groups is 1. The van der Waals surface area contributed by atoms with Gasteiger partial charge in [0.2, 0.25) is 0 Å². The van der Waals surface area contributed by atoms with Gasteiger partial charge in [0.25, 0.3) is 0 Å². The molecule has 2 heterocycles. The van der Waals surface area contributed by atoms with Crippen LogP contribution in [0.1, 0.15) is 21.1 Å². The number of hydrogen-bond acceptors (Lipinski definition) is 4. The van der Waals surface area contributed by atoms with Crippen LogP contribution >= 0.6 is 22.9 Å². The third kappa shape index (κ3) is 3.12. The lowest BCUT2D eigenvalue weighted by molar-refractivity contribution is 0.0690. The maximum atomic E-state index is 10.7. The minimum atomic E-state index is -1.07. The van der Waals surface area contributed by atoms with Gasteiger partial charge in [0.1, 0.15) is 6.33 Å². The van der Waals surface area contributed by atoms with Crippen molar-refractivity contribution in [2.45, 2.75) is 0 Å². The molecule has 1 N–H and O–H groups in total. The Labute approximate surface area is 106 Å². The molecule has 6 heteroatoms. The molecule has 0 aliphatic heterocycles. The van der Waals surface area contributed by atoms with Crippen molar-refractivity contribution < 1.29 is 9.90 Å². The lowest BCUT2D eigenvalue weighted by Crippen LogP contribution is -2.00. The second-order valence-electron chi connectivity index (χ2n) is 3.11. The summed E-state index contributed by atoms with van der Waals surface area (Å²) in [4.78, 5) is 19.3. The fourth-order valence-electron chi connectivity index (χ4n) is 1.17. The fourth-order valence-corrected chi connectivity index (χ4v) is 2.13. The smallest absolute Gasteiger partial charge is 0.354 e. The summed E-state index contributed by atoms with van der Waals surface area (Å²) in [6, 6.07) is 5.09. The summed E-state index contributed by atoms with van der Waals surface area (Å²) in [6.07, 6.45) is 4.77. The first-order chi connectivity index (χ1) is 8.15. The Bertz CT molecular complexity index is 580. The minimum absolute atomic E-state index is 0.0242. The standard InChI is InChI=1S/C11H7ClN2O2S/c12-10-4-3-8(17-10)2-1-7-5-9(11(15)16)14-6-13-7/h1-6H,(H,15,16)/b2-1+. The van der Waals surface area contributed by atoms with Crippen LogP contribution in [0, 0.1) is 0 Å². The minimum Gasteiger partial charge on any atom is -0.477 e. The maximum Gasteiger partial charge on any atom is 0.354 e. The molecule has 0 bridgehead atoms. The van der Waals surface area contributed by atoms with Gasteiger partial charge in [-0.2, -0.15) is 0 Å². The van der Waals surface area contributed by atoms with Gasteiger partial charge in [0.15, 0.2) is 5.69 Å². The number of aromatic carboxylic acids is 1. The number of rotatable bonds is 3. The number of carboxylic acid groups (broad SMARTS) is 1. The second kappa shape index (κ2) is 5.07. The van der Waals surface area contributed by atoms with Crippen molar-refractivity contribution in [3.63, 3.8) is 0 Å². The van der Waals surface area contributed by atoms with Crippen LogP contribution in [0.2, 0.25) is 4.34 Å². The van der Waals surface area contributed by atoms with E-state index in [0.29, 0.717) is 10.0 Å². The normalized spacial score (nSPS) is 10.9. The molecule has 17 heavy (non-hydrogen) atoms. The molecule has 86 valence electrons. The van der Waals surface area contributed by atoms with Crippen molar-refractivity contribution in [3.05, 3.63) is 45.1 Å². The number of thiophene rings is 1. The summed E-state index contributed by atoms with van der Waals surface area (Å²) in [7, 11) is 0. The Balaban J connectivity index is 2.21. The van der Waals surface area contributed by atoms with Gasteiger partial charge in [-0.3, -0.25) is 0 Å². The van der Waals surface area contributed by atoms with Crippen LogP contribution in [0.4, 0.5) is 0 Å². The lowest BCUT2D eigenvalue weighted by Gasteiger charge is -1.94. The van der Waals surface area contributed by atoms with Crippen LogP contribution in [0.3, 0.4) is 0 Å². The van der Waals surface area contributed by atoms with E-state index in [1.54, 1.807) is 12.1 Å². The third-order valence-corrected chi connectivity index (χ3v) is 3.12. The van der Waals surface area contributed by atoms with E-state index in [4.69, 9.17) is 16.7 Å². The largest absolute Gasteiger partial charge is 0.477 e. The Morgan fingerprint density at radius 2 is 2.18 bits per heavy atom. The molecule has 2 aromatic heterocycles. The van der Waals surface area contributed by atoms with Crippen LogP contribution < -0.4 is 0 Å². The van der Waals surface area contributed by atoms with Gasteiger partial charge < -0.3 is 5.11 Å². The van der Waals surface area contributed by atoms with Gasteiger partial charge in [-0.15, -0.1) is 11.3 Å². The van der Waals surface area contributed by atoms with Crippen LogP contribution in [0.15, 0.2) is 24.5 Å². The Kier molecular flexibility index (Phi) is 3.51. The number of hydrogen-bond donors (Lipinski definition) is 1. The quantitative estimate of drug-likeness (QED) is 0.927. The molecule has 2 aromatic rings. The average molecular weight is 267 g/mol. The second-order valence-corrected chi connectivity index (χ2v) is 4.86. The lowest BCUT2D eigenvalue weighted by atomic mass is 10.3. The van der Waals surface area contributed by atoms with E-state index in [9.17, 15) is 4.79 Å². The summed E-state index contributed by atoms with van der Waals surface area (Å²) in [6.45, 7) is 0. The van der Waals surface area contributed by atoms with Crippen molar-refractivity contribution >= 4 is 41.1 Å². The molecule has 2 rings (SSSR count). The number of nitrogens with zero attached hydrogens (tertiary/aromatic N) is 2. The van der Waals surface area contributed by atoms with Gasteiger partial charge in [0.05, 0.1) is 10.0 Å². The first kappa shape index (κ1) is 11.8. The van der Waals surface area contributed by atoms with Crippen molar-refractivity contribution in [2.75, 3.05) is 0 Å². The van der Waals surface area contributed by atoms with E-state index in [-0.39, 0.29) is 5.69 Å². The first-order valence-electron chi connectivity index (χ1n) is 4.64. The number of carboxylic acids is 1. The van der Waals surface area contributed by atoms with Gasteiger partial charge in [0, 0.05) is 4.88 Å². The highest BCUT2D eigenvalue weighted by atomic mass is 35.5. The molecule has 0 aromatic carbocycles. The van der Waals surface area contributed by atoms with Crippen molar-refractivity contribution in [3.8, 4) is 0 Å². The molecule has 0 spiro atoms. The van der Waals surface area contributed by atoms with E-state index >= 15 is 0 Å². The van der Waals surface area contributed by atoms with Crippen LogP contribution in [0.25, 0.3) is 12.2 Å². The Morgan fingerprint density at radius 1 is 1.35 bits per heavy atom. The van der Waals surface area contributed by atoms with Gasteiger partial charge in [-0.1, -0.05) is 11.6 Å². The van der Waals surface area contributed by atoms with Gasteiger partial charge in [-0.25, -0.2) is 14.8 Å². The Morgan fingerprint density at radius 3 is 2.82 bits per heavy atom. The molecule has 0 saturated heterocycles. The summed E-state index contributed by atoms with van der Waals surface area (Å²) < 4.78 is 0.707. The average Bonchev–Trinajstić information content (AvgIpc) is 2.73. The molecule has 0 atom stereocenters. The van der Waals surface area contributed by atoms with E-state index in [1.165, 1.54) is 23.7 Å². The zero-order valence-corrected chi connectivity index (χ0v) is 10.1. The zero-order chi connectivity index (χ0) is 12.3. The SMILES string of the molecule is O=C(O)c1cc(/C=C/c2ccc(Cl)s2)ncn1. The predicted molar refractivity (Wildman–Crippen MR) is 67.2 cm³/mol. The van der Waals surface area contributed by atoms with E-state index < -0.39 is 5.97 Å². The van der Waals surface area contributed by atoms with E-state index in [2.05, 4.69) is 9.97 Å². The molecule has 0 amide bonds. The highest BCUT2D eigenvalue weighted by Crippen LogP contribution is 2.22. The Hall–Kier alpha value is -1.72. The fraction of sp³-hybridized carbons (Fsp3) is 0.